The minimum absolute atomic E-state index is 0.248. The summed E-state index contributed by atoms with van der Waals surface area (Å²) >= 11 is 0. The molecule has 2 saturated heterocycles. The standard InChI is InChI=1S/C26H30N6O4/c1-3-36-25(33)20-17(2)28-23-22(21(20)19-7-5-4-6-18(19)16-27)24(31-8-12-34-13-9-31)30-26(29-23)32-10-14-35-15-11-32/h4-7,21H,3,8-15H2,1-2H3,(H,28,29,30). The number of hydrogen-bond acceptors (Lipinski definition) is 10. The number of ether oxygens (including phenoxy) is 3. The number of nitrogens with zero attached hydrogens (tertiary/aromatic N) is 5. The zero-order valence-electron chi connectivity index (χ0n) is 20.6. The smallest absolute Gasteiger partial charge is 0.336 e. The molecule has 0 radical (unpaired) electrons. The number of aromatic nitrogens is 2. The van der Waals surface area contributed by atoms with Gasteiger partial charge in [0.25, 0.3) is 0 Å². The molecule has 0 spiro atoms. The summed E-state index contributed by atoms with van der Waals surface area (Å²) < 4.78 is 16.6. The van der Waals surface area contributed by atoms with E-state index in [4.69, 9.17) is 24.2 Å². The number of hydrogen-bond donors (Lipinski definition) is 1. The van der Waals surface area contributed by atoms with Gasteiger partial charge >= 0.3 is 5.97 Å². The first-order valence-corrected chi connectivity index (χ1v) is 12.3. The quantitative estimate of drug-likeness (QED) is 0.627. The Balaban J connectivity index is 1.74. The van der Waals surface area contributed by atoms with Crippen molar-refractivity contribution in [2.45, 2.75) is 19.8 Å². The molecular formula is C26H30N6O4. The number of anilines is 3. The van der Waals surface area contributed by atoms with Gasteiger partial charge in [-0.1, -0.05) is 18.2 Å². The van der Waals surface area contributed by atoms with Crippen molar-refractivity contribution < 1.29 is 19.0 Å². The SMILES string of the molecule is CCOC(=O)C1=C(C)Nc2nc(N3CCOCC3)nc(N3CCOCC3)c2C1c1ccccc1C#N. The Morgan fingerprint density at radius 3 is 2.44 bits per heavy atom. The van der Waals surface area contributed by atoms with Crippen molar-refractivity contribution in [3.05, 3.63) is 52.2 Å². The molecule has 2 aromatic rings. The van der Waals surface area contributed by atoms with Crippen LogP contribution in [0.4, 0.5) is 17.6 Å². The number of nitrogens with one attached hydrogen (secondary N) is 1. The van der Waals surface area contributed by atoms with Gasteiger partial charge in [-0.3, -0.25) is 0 Å². The second kappa shape index (κ2) is 10.5. The number of allylic oxidation sites excluding steroid dienone is 1. The summed E-state index contributed by atoms with van der Waals surface area (Å²) in [4.78, 5) is 27.6. The Bertz CT molecular complexity index is 1210. The van der Waals surface area contributed by atoms with Gasteiger partial charge in [-0.25, -0.2) is 4.79 Å². The minimum atomic E-state index is -0.562. The van der Waals surface area contributed by atoms with E-state index in [2.05, 4.69) is 21.2 Å². The van der Waals surface area contributed by atoms with Crippen molar-refractivity contribution in [3.63, 3.8) is 0 Å². The maximum Gasteiger partial charge on any atom is 0.336 e. The maximum atomic E-state index is 13.3. The molecule has 1 N–H and O–H groups in total. The highest BCUT2D eigenvalue weighted by Gasteiger charge is 2.39. The Kier molecular flexibility index (Phi) is 7.02. The Morgan fingerprint density at radius 1 is 1.11 bits per heavy atom. The van der Waals surface area contributed by atoms with Crippen LogP contribution in [0.2, 0.25) is 0 Å². The topological polar surface area (TPSA) is 113 Å². The van der Waals surface area contributed by atoms with Gasteiger partial charge in [-0.05, 0) is 25.5 Å². The van der Waals surface area contributed by atoms with E-state index >= 15 is 0 Å². The number of carbonyl (C=O) groups is 1. The third-order valence-corrected chi connectivity index (χ3v) is 6.69. The van der Waals surface area contributed by atoms with E-state index in [0.717, 1.165) is 16.9 Å². The monoisotopic (exact) mass is 490 g/mol. The molecule has 36 heavy (non-hydrogen) atoms. The van der Waals surface area contributed by atoms with Crippen LogP contribution in [-0.4, -0.2) is 75.2 Å². The molecule has 1 atom stereocenters. The molecule has 10 nitrogen and oxygen atoms in total. The van der Waals surface area contributed by atoms with Gasteiger partial charge in [0.15, 0.2) is 0 Å². The van der Waals surface area contributed by atoms with Crippen LogP contribution in [0.5, 0.6) is 0 Å². The van der Waals surface area contributed by atoms with E-state index in [-0.39, 0.29) is 6.61 Å². The van der Waals surface area contributed by atoms with Gasteiger partial charge in [0.1, 0.15) is 11.6 Å². The third-order valence-electron chi connectivity index (χ3n) is 6.69. The molecule has 1 unspecified atom stereocenters. The third kappa shape index (κ3) is 4.47. The number of morpholine rings is 2. The molecule has 1 aromatic heterocycles. The fraction of sp³-hybridized carbons (Fsp3) is 0.462. The normalized spacial score (nSPS) is 19.9. The zero-order valence-corrected chi connectivity index (χ0v) is 20.6. The average Bonchev–Trinajstić information content (AvgIpc) is 2.92. The van der Waals surface area contributed by atoms with Crippen LogP contribution < -0.4 is 15.1 Å². The molecule has 3 aliphatic rings. The molecule has 188 valence electrons. The predicted octanol–water partition coefficient (Wildman–Crippen LogP) is 2.42. The lowest BCUT2D eigenvalue weighted by Crippen LogP contribution is -2.41. The van der Waals surface area contributed by atoms with Crippen LogP contribution in [0.15, 0.2) is 35.5 Å². The summed E-state index contributed by atoms with van der Waals surface area (Å²) in [5.74, 6) is 1.01. The van der Waals surface area contributed by atoms with E-state index in [1.807, 2.05) is 25.1 Å². The number of rotatable bonds is 5. The van der Waals surface area contributed by atoms with Crippen molar-refractivity contribution in [3.8, 4) is 6.07 Å². The van der Waals surface area contributed by atoms with Gasteiger partial charge < -0.3 is 29.3 Å². The summed E-state index contributed by atoms with van der Waals surface area (Å²) in [5, 5.41) is 13.3. The first-order valence-electron chi connectivity index (χ1n) is 12.3. The highest BCUT2D eigenvalue weighted by Crippen LogP contribution is 2.47. The number of esters is 1. The van der Waals surface area contributed by atoms with Crippen molar-refractivity contribution in [2.24, 2.45) is 0 Å². The molecule has 0 bridgehead atoms. The first-order chi connectivity index (χ1) is 17.6. The fourth-order valence-electron chi connectivity index (χ4n) is 4.98. The molecule has 4 heterocycles. The van der Waals surface area contributed by atoms with Gasteiger partial charge in [-0.15, -0.1) is 0 Å². The lowest BCUT2D eigenvalue weighted by Gasteiger charge is -2.37. The second-order valence-corrected chi connectivity index (χ2v) is 8.82. The fourth-order valence-corrected chi connectivity index (χ4v) is 4.98. The Hall–Kier alpha value is -3.68. The minimum Gasteiger partial charge on any atom is -0.463 e. The zero-order chi connectivity index (χ0) is 25.1. The molecule has 0 saturated carbocycles. The summed E-state index contributed by atoms with van der Waals surface area (Å²) in [6, 6.07) is 9.67. The average molecular weight is 491 g/mol. The van der Waals surface area contributed by atoms with E-state index in [9.17, 15) is 10.1 Å². The summed E-state index contributed by atoms with van der Waals surface area (Å²) in [6.45, 7) is 9.00. The van der Waals surface area contributed by atoms with E-state index in [1.54, 1.807) is 13.0 Å². The van der Waals surface area contributed by atoms with Crippen LogP contribution in [-0.2, 0) is 19.0 Å². The van der Waals surface area contributed by atoms with Crippen molar-refractivity contribution in [1.29, 1.82) is 5.26 Å². The second-order valence-electron chi connectivity index (χ2n) is 8.82. The van der Waals surface area contributed by atoms with Crippen molar-refractivity contribution in [2.75, 3.05) is 74.3 Å². The van der Waals surface area contributed by atoms with Crippen LogP contribution in [0.3, 0.4) is 0 Å². The highest BCUT2D eigenvalue weighted by atomic mass is 16.5. The van der Waals surface area contributed by atoms with Gasteiger partial charge in [0, 0.05) is 37.4 Å². The number of carbonyl (C=O) groups excluding carboxylic acids is 1. The van der Waals surface area contributed by atoms with Gasteiger partial charge in [-0.2, -0.15) is 15.2 Å². The predicted molar refractivity (Wildman–Crippen MR) is 134 cm³/mol. The molecule has 3 aliphatic heterocycles. The lowest BCUT2D eigenvalue weighted by molar-refractivity contribution is -0.138. The molecule has 2 fully saturated rings. The summed E-state index contributed by atoms with van der Waals surface area (Å²) in [7, 11) is 0. The maximum absolute atomic E-state index is 13.3. The molecule has 1 aromatic carbocycles. The number of nitriles is 1. The van der Waals surface area contributed by atoms with Crippen LogP contribution in [0, 0.1) is 11.3 Å². The molecule has 5 rings (SSSR count). The molecule has 0 aliphatic carbocycles. The molecule has 0 amide bonds. The first kappa shape index (κ1) is 24.0. The van der Waals surface area contributed by atoms with E-state index < -0.39 is 11.9 Å². The van der Waals surface area contributed by atoms with Crippen LogP contribution in [0.25, 0.3) is 0 Å². The van der Waals surface area contributed by atoms with Gasteiger partial charge in [0.05, 0.1) is 56.2 Å². The highest BCUT2D eigenvalue weighted by molar-refractivity contribution is 5.95. The molecule has 10 heteroatoms. The van der Waals surface area contributed by atoms with E-state index in [0.29, 0.717) is 81.2 Å². The van der Waals surface area contributed by atoms with Crippen molar-refractivity contribution in [1.82, 2.24) is 9.97 Å². The van der Waals surface area contributed by atoms with E-state index in [1.165, 1.54) is 0 Å². The Labute approximate surface area is 210 Å². The lowest BCUT2D eigenvalue weighted by atomic mass is 9.80. The van der Waals surface area contributed by atoms with Gasteiger partial charge in [0.2, 0.25) is 5.95 Å². The van der Waals surface area contributed by atoms with Crippen molar-refractivity contribution >= 4 is 23.6 Å². The van der Waals surface area contributed by atoms with Crippen LogP contribution in [0.1, 0.15) is 36.5 Å². The number of benzene rings is 1. The Morgan fingerprint density at radius 2 is 1.78 bits per heavy atom. The van der Waals surface area contributed by atoms with Crippen LogP contribution >= 0.6 is 0 Å². The molecular weight excluding hydrogens is 460 g/mol. The number of fused-ring (bicyclic) bond motifs is 1. The summed E-state index contributed by atoms with van der Waals surface area (Å²) in [5.41, 5.74) is 3.10. The largest absolute Gasteiger partial charge is 0.463 e. The summed E-state index contributed by atoms with van der Waals surface area (Å²) in [6.07, 6.45) is 0.